The van der Waals surface area contributed by atoms with E-state index in [1.54, 1.807) is 18.1 Å². The first-order valence-electron chi connectivity index (χ1n) is 7.76. The number of likely N-dealkylation sites (tertiary alicyclic amines) is 1. The first kappa shape index (κ1) is 20.0. The van der Waals surface area contributed by atoms with Crippen molar-refractivity contribution >= 4 is 11.8 Å². The lowest BCUT2D eigenvalue weighted by molar-refractivity contribution is 0.0253. The number of nitrogens with zero attached hydrogens (tertiary/aromatic N) is 1. The van der Waals surface area contributed by atoms with Crippen LogP contribution in [0.2, 0.25) is 0 Å². The highest BCUT2D eigenvalue weighted by Crippen LogP contribution is 2.18. The number of benzene rings is 1. The zero-order valence-corrected chi connectivity index (χ0v) is 15.0. The molecule has 1 aliphatic rings. The summed E-state index contributed by atoms with van der Waals surface area (Å²) in [6.07, 6.45) is 0.829. The van der Waals surface area contributed by atoms with Crippen LogP contribution in [0.4, 0.5) is 14.9 Å². The number of methoxy groups -OCH3 is 2. The van der Waals surface area contributed by atoms with Crippen molar-refractivity contribution < 1.29 is 23.4 Å². The second-order valence-electron chi connectivity index (χ2n) is 6.47. The first-order valence-corrected chi connectivity index (χ1v) is 7.76. The minimum atomic E-state index is -0.428. The molecule has 7 heteroatoms. The molecular weight excluding hydrogens is 315 g/mol. The molecule has 0 radical (unpaired) electrons. The van der Waals surface area contributed by atoms with Crippen LogP contribution in [0.25, 0.3) is 0 Å². The Kier molecular flexibility index (Phi) is 7.28. The molecule has 0 bridgehead atoms. The Hall–Kier alpha value is -2.02. The summed E-state index contributed by atoms with van der Waals surface area (Å²) in [5.74, 6) is -0.211. The second-order valence-corrected chi connectivity index (χ2v) is 6.47. The van der Waals surface area contributed by atoms with E-state index in [1.165, 1.54) is 19.2 Å². The van der Waals surface area contributed by atoms with E-state index in [1.807, 2.05) is 20.8 Å². The van der Waals surface area contributed by atoms with Gasteiger partial charge >= 0.3 is 6.09 Å². The van der Waals surface area contributed by atoms with Gasteiger partial charge in [0.05, 0.1) is 19.8 Å². The van der Waals surface area contributed by atoms with Crippen LogP contribution in [0.1, 0.15) is 27.2 Å². The van der Waals surface area contributed by atoms with Gasteiger partial charge in [0.1, 0.15) is 5.60 Å². The Morgan fingerprint density at radius 3 is 2.46 bits per heavy atom. The molecule has 1 unspecified atom stereocenters. The highest BCUT2D eigenvalue weighted by Gasteiger charge is 2.29. The fourth-order valence-electron chi connectivity index (χ4n) is 2.10. The van der Waals surface area contributed by atoms with Gasteiger partial charge in [-0.2, -0.15) is 0 Å². The fourth-order valence-corrected chi connectivity index (χ4v) is 2.10. The van der Waals surface area contributed by atoms with Gasteiger partial charge in [-0.1, -0.05) is 0 Å². The third-order valence-electron chi connectivity index (χ3n) is 3.31. The lowest BCUT2D eigenvalue weighted by atomic mass is 10.2. The Labute approximate surface area is 142 Å². The molecule has 0 aliphatic carbocycles. The molecule has 136 valence electrons. The Morgan fingerprint density at radius 1 is 1.33 bits per heavy atom. The summed E-state index contributed by atoms with van der Waals surface area (Å²) in [6, 6.07) is 4.30. The smallest absolute Gasteiger partial charge is 0.410 e. The van der Waals surface area contributed by atoms with Crippen LogP contribution in [-0.2, 0) is 9.47 Å². The Morgan fingerprint density at radius 2 is 2.00 bits per heavy atom. The van der Waals surface area contributed by atoms with Gasteiger partial charge in [-0.3, -0.25) is 0 Å². The molecule has 1 atom stereocenters. The van der Waals surface area contributed by atoms with Gasteiger partial charge in [0, 0.05) is 25.4 Å². The minimum Gasteiger partial charge on any atom is -0.494 e. The molecule has 1 fully saturated rings. The number of anilines is 1. The van der Waals surface area contributed by atoms with E-state index in [0.29, 0.717) is 12.2 Å². The molecular formula is C17H27FN2O4. The monoisotopic (exact) mass is 342 g/mol. The third-order valence-corrected chi connectivity index (χ3v) is 3.31. The molecule has 1 aliphatic heterocycles. The molecule has 1 saturated heterocycles. The molecule has 1 amide bonds. The van der Waals surface area contributed by atoms with Gasteiger partial charge in [0.25, 0.3) is 0 Å². The number of ether oxygens (including phenoxy) is 3. The number of carbonyl (C=O) groups is 1. The van der Waals surface area contributed by atoms with Gasteiger partial charge < -0.3 is 24.8 Å². The number of carbonyl (C=O) groups excluding carboxylic acids is 1. The molecule has 1 heterocycles. The van der Waals surface area contributed by atoms with Crippen molar-refractivity contribution in [1.82, 2.24) is 4.90 Å². The number of hydrogen-bond acceptors (Lipinski definition) is 5. The van der Waals surface area contributed by atoms with Crippen LogP contribution in [0.5, 0.6) is 5.75 Å². The van der Waals surface area contributed by atoms with Gasteiger partial charge in [0.15, 0.2) is 11.6 Å². The summed E-state index contributed by atoms with van der Waals surface area (Å²) < 4.78 is 27.7. The molecule has 24 heavy (non-hydrogen) atoms. The summed E-state index contributed by atoms with van der Waals surface area (Å²) in [5.41, 5.74) is 5.27. The molecule has 0 aromatic heterocycles. The normalized spacial score (nSPS) is 17.1. The number of rotatable bonds is 2. The van der Waals surface area contributed by atoms with Gasteiger partial charge in [0.2, 0.25) is 0 Å². The SMILES string of the molecule is COC1CCN(C(=O)OC(C)(C)C)C1.COc1ccc(N)cc1F. The maximum absolute atomic E-state index is 12.6. The first-order chi connectivity index (χ1) is 11.2. The van der Waals surface area contributed by atoms with Crippen LogP contribution < -0.4 is 10.5 Å². The zero-order valence-electron chi connectivity index (χ0n) is 15.0. The van der Waals surface area contributed by atoms with E-state index >= 15 is 0 Å². The van der Waals surface area contributed by atoms with Crippen LogP contribution in [0.15, 0.2) is 18.2 Å². The van der Waals surface area contributed by atoms with Gasteiger partial charge in [-0.25, -0.2) is 9.18 Å². The molecule has 1 aromatic carbocycles. The largest absolute Gasteiger partial charge is 0.494 e. The van der Waals surface area contributed by atoms with Crippen LogP contribution in [-0.4, -0.2) is 50.0 Å². The van der Waals surface area contributed by atoms with Gasteiger partial charge in [-0.05, 0) is 39.3 Å². The van der Waals surface area contributed by atoms with E-state index in [2.05, 4.69) is 4.74 Å². The summed E-state index contributed by atoms with van der Waals surface area (Å²) in [7, 11) is 3.08. The van der Waals surface area contributed by atoms with E-state index in [-0.39, 0.29) is 17.9 Å². The number of hydrogen-bond donors (Lipinski definition) is 1. The molecule has 1 aromatic rings. The predicted octanol–water partition coefficient (Wildman–Crippen LogP) is 3.06. The number of amides is 1. The summed E-state index contributed by atoms with van der Waals surface area (Å²) >= 11 is 0. The Balaban J connectivity index is 0.000000254. The number of nitrogen functional groups attached to an aromatic ring is 1. The van der Waals surface area contributed by atoms with Crippen LogP contribution in [0.3, 0.4) is 0 Å². The molecule has 0 spiro atoms. The minimum absolute atomic E-state index is 0.169. The van der Waals surface area contributed by atoms with Crippen molar-refractivity contribution in [1.29, 1.82) is 0 Å². The number of nitrogens with two attached hydrogens (primary N) is 1. The van der Waals surface area contributed by atoms with Crippen LogP contribution >= 0.6 is 0 Å². The van der Waals surface area contributed by atoms with Crippen LogP contribution in [0, 0.1) is 5.82 Å². The van der Waals surface area contributed by atoms with E-state index in [9.17, 15) is 9.18 Å². The number of halogens is 1. The zero-order chi connectivity index (χ0) is 18.3. The van der Waals surface area contributed by atoms with E-state index in [4.69, 9.17) is 15.2 Å². The summed E-state index contributed by atoms with van der Waals surface area (Å²) in [5, 5.41) is 0. The quantitative estimate of drug-likeness (QED) is 0.836. The maximum Gasteiger partial charge on any atom is 0.410 e. The summed E-state index contributed by atoms with van der Waals surface area (Å²) in [6.45, 7) is 6.98. The van der Waals surface area contributed by atoms with Crippen molar-refractivity contribution in [2.24, 2.45) is 0 Å². The van der Waals surface area contributed by atoms with E-state index in [0.717, 1.165) is 13.0 Å². The van der Waals surface area contributed by atoms with Crippen molar-refractivity contribution in [3.8, 4) is 5.75 Å². The Bertz CT molecular complexity index is 546. The molecule has 2 N–H and O–H groups in total. The average molecular weight is 342 g/mol. The second kappa shape index (κ2) is 8.73. The molecule has 0 saturated carbocycles. The average Bonchev–Trinajstić information content (AvgIpc) is 2.95. The summed E-state index contributed by atoms with van der Waals surface area (Å²) in [4.78, 5) is 13.3. The maximum atomic E-state index is 12.6. The van der Waals surface area contributed by atoms with E-state index < -0.39 is 11.4 Å². The molecule has 6 nitrogen and oxygen atoms in total. The standard InChI is InChI=1S/C10H19NO3.C7H8FNO/c1-10(2,3)14-9(12)11-6-5-8(7-11)13-4;1-10-7-3-2-5(9)4-6(7)8/h8H,5-7H2,1-4H3;2-4H,9H2,1H3. The lowest BCUT2D eigenvalue weighted by Gasteiger charge is -2.24. The third kappa shape index (κ3) is 6.62. The van der Waals surface area contributed by atoms with Crippen molar-refractivity contribution in [3.05, 3.63) is 24.0 Å². The highest BCUT2D eigenvalue weighted by molar-refractivity contribution is 5.68. The highest BCUT2D eigenvalue weighted by atomic mass is 19.1. The van der Waals surface area contributed by atoms with Crippen molar-refractivity contribution in [2.45, 2.75) is 38.9 Å². The molecule has 2 rings (SSSR count). The van der Waals surface area contributed by atoms with Crippen molar-refractivity contribution in [2.75, 3.05) is 33.0 Å². The predicted molar refractivity (Wildman–Crippen MR) is 90.6 cm³/mol. The topological polar surface area (TPSA) is 74.0 Å². The lowest BCUT2D eigenvalue weighted by Crippen LogP contribution is -2.35. The van der Waals surface area contributed by atoms with Crippen molar-refractivity contribution in [3.63, 3.8) is 0 Å². The fraction of sp³-hybridized carbons (Fsp3) is 0.588. The van der Waals surface area contributed by atoms with Gasteiger partial charge in [-0.15, -0.1) is 0 Å².